The van der Waals surface area contributed by atoms with Gasteiger partial charge in [0, 0.05) is 12.7 Å². The van der Waals surface area contributed by atoms with E-state index < -0.39 is 0 Å². The Morgan fingerprint density at radius 2 is 2.00 bits per heavy atom. The number of aromatic amines is 1. The Hall–Kier alpha value is -2.69. The molecule has 1 aromatic carbocycles. The summed E-state index contributed by atoms with van der Waals surface area (Å²) in [6, 6.07) is 13.8. The predicted molar refractivity (Wildman–Crippen MR) is 80.7 cm³/mol. The van der Waals surface area contributed by atoms with Crippen molar-refractivity contribution in [2.24, 2.45) is 0 Å². The fourth-order valence-corrected chi connectivity index (χ4v) is 2.18. The molecule has 0 atom stereocenters. The van der Waals surface area contributed by atoms with Crippen molar-refractivity contribution in [2.45, 2.75) is 12.8 Å². The lowest BCUT2D eigenvalue weighted by atomic mass is 10.1. The Labute approximate surface area is 122 Å². The molecule has 2 aromatic heterocycles. The van der Waals surface area contributed by atoms with Gasteiger partial charge in [-0.25, -0.2) is 9.97 Å². The van der Waals surface area contributed by atoms with Crippen LogP contribution in [0.2, 0.25) is 0 Å². The number of hydrogen-bond donors (Lipinski definition) is 2. The van der Waals surface area contributed by atoms with Crippen LogP contribution in [0.25, 0.3) is 11.2 Å². The number of carbonyl (C=O) groups excluding carboxylic acids is 1. The third-order valence-corrected chi connectivity index (χ3v) is 3.21. The van der Waals surface area contributed by atoms with E-state index in [1.807, 2.05) is 30.3 Å². The van der Waals surface area contributed by atoms with E-state index in [0.717, 1.165) is 11.9 Å². The molecule has 5 heteroatoms. The molecule has 0 saturated carbocycles. The molecule has 0 aliphatic rings. The number of nitrogens with one attached hydrogen (secondary N) is 2. The fraction of sp³-hybridized carbons (Fsp3) is 0.188. The van der Waals surface area contributed by atoms with Gasteiger partial charge in [-0.1, -0.05) is 30.3 Å². The summed E-state index contributed by atoms with van der Waals surface area (Å²) in [6.07, 6.45) is 2.76. The quantitative estimate of drug-likeness (QED) is 0.749. The molecule has 0 aliphatic carbocycles. The maximum atomic E-state index is 11.9. The van der Waals surface area contributed by atoms with Crippen molar-refractivity contribution in [3.63, 3.8) is 0 Å². The smallest absolute Gasteiger partial charge is 0.227 e. The molecule has 0 bridgehead atoms. The average molecular weight is 280 g/mol. The molecule has 21 heavy (non-hydrogen) atoms. The number of amides is 1. The summed E-state index contributed by atoms with van der Waals surface area (Å²) >= 11 is 0. The Balaban J connectivity index is 1.52. The first-order valence-corrected chi connectivity index (χ1v) is 6.91. The topological polar surface area (TPSA) is 70.7 Å². The first-order chi connectivity index (χ1) is 10.3. The molecule has 0 radical (unpaired) electrons. The molecule has 0 spiro atoms. The SMILES string of the molecule is O=C(Cc1nc2ncccc2[nH]1)NCCc1ccccc1. The predicted octanol–water partition coefficient (Wildman–Crippen LogP) is 1.86. The highest BCUT2D eigenvalue weighted by Crippen LogP contribution is 2.07. The molecular formula is C16H16N4O. The number of imidazole rings is 1. The molecule has 1 amide bonds. The molecule has 3 rings (SSSR count). The van der Waals surface area contributed by atoms with Gasteiger partial charge in [0.1, 0.15) is 5.82 Å². The zero-order chi connectivity index (χ0) is 14.5. The van der Waals surface area contributed by atoms with E-state index in [9.17, 15) is 4.79 Å². The maximum Gasteiger partial charge on any atom is 0.227 e. The van der Waals surface area contributed by atoms with E-state index in [0.29, 0.717) is 18.0 Å². The van der Waals surface area contributed by atoms with Gasteiger partial charge in [-0.15, -0.1) is 0 Å². The van der Waals surface area contributed by atoms with Gasteiger partial charge in [-0.3, -0.25) is 4.79 Å². The molecule has 3 aromatic rings. The van der Waals surface area contributed by atoms with Gasteiger partial charge in [0.25, 0.3) is 0 Å². The molecule has 5 nitrogen and oxygen atoms in total. The second kappa shape index (κ2) is 6.17. The normalized spacial score (nSPS) is 10.7. The standard InChI is InChI=1S/C16H16N4O/c21-15(17-10-8-12-5-2-1-3-6-12)11-14-19-13-7-4-9-18-16(13)20-14/h1-7,9H,8,10-11H2,(H,17,21)(H,18,19,20). The highest BCUT2D eigenvalue weighted by molar-refractivity contribution is 5.79. The Kier molecular flexibility index (Phi) is 3.91. The number of benzene rings is 1. The number of aromatic nitrogens is 3. The number of carbonyl (C=O) groups is 1. The van der Waals surface area contributed by atoms with Crippen LogP contribution in [0.15, 0.2) is 48.7 Å². The molecule has 106 valence electrons. The average Bonchev–Trinajstić information content (AvgIpc) is 2.90. The summed E-state index contributed by atoms with van der Waals surface area (Å²) in [5.41, 5.74) is 2.71. The van der Waals surface area contributed by atoms with E-state index >= 15 is 0 Å². The van der Waals surface area contributed by atoms with E-state index in [-0.39, 0.29) is 12.3 Å². The van der Waals surface area contributed by atoms with Gasteiger partial charge in [0.15, 0.2) is 5.65 Å². The highest BCUT2D eigenvalue weighted by atomic mass is 16.1. The van der Waals surface area contributed by atoms with E-state index in [1.54, 1.807) is 6.20 Å². The van der Waals surface area contributed by atoms with Crippen molar-refractivity contribution in [1.82, 2.24) is 20.3 Å². The van der Waals surface area contributed by atoms with Crippen molar-refractivity contribution in [3.05, 3.63) is 60.0 Å². The lowest BCUT2D eigenvalue weighted by Gasteiger charge is -2.04. The van der Waals surface area contributed by atoms with Crippen molar-refractivity contribution in [3.8, 4) is 0 Å². The highest BCUT2D eigenvalue weighted by Gasteiger charge is 2.08. The first-order valence-electron chi connectivity index (χ1n) is 6.91. The molecule has 0 saturated heterocycles. The minimum absolute atomic E-state index is 0.0370. The second-order valence-corrected chi connectivity index (χ2v) is 4.82. The molecule has 0 unspecified atom stereocenters. The van der Waals surface area contributed by atoms with Crippen molar-refractivity contribution in [1.29, 1.82) is 0 Å². The van der Waals surface area contributed by atoms with Crippen LogP contribution >= 0.6 is 0 Å². The third-order valence-electron chi connectivity index (χ3n) is 3.21. The van der Waals surface area contributed by atoms with Crippen LogP contribution < -0.4 is 5.32 Å². The minimum atomic E-state index is -0.0370. The summed E-state index contributed by atoms with van der Waals surface area (Å²) in [4.78, 5) is 23.4. The van der Waals surface area contributed by atoms with Gasteiger partial charge in [0.2, 0.25) is 5.91 Å². The van der Waals surface area contributed by atoms with Crippen molar-refractivity contribution < 1.29 is 4.79 Å². The number of nitrogens with zero attached hydrogens (tertiary/aromatic N) is 2. The molecule has 0 aliphatic heterocycles. The van der Waals surface area contributed by atoms with Crippen molar-refractivity contribution >= 4 is 17.1 Å². The summed E-state index contributed by atoms with van der Waals surface area (Å²) in [5.74, 6) is 0.603. The third kappa shape index (κ3) is 3.45. The molecular weight excluding hydrogens is 264 g/mol. The minimum Gasteiger partial charge on any atom is -0.355 e. The summed E-state index contributed by atoms with van der Waals surface area (Å²) in [5, 5.41) is 2.90. The van der Waals surface area contributed by atoms with E-state index in [1.165, 1.54) is 5.56 Å². The van der Waals surface area contributed by atoms with Crippen molar-refractivity contribution in [2.75, 3.05) is 6.54 Å². The zero-order valence-corrected chi connectivity index (χ0v) is 11.5. The van der Waals surface area contributed by atoms with Crippen LogP contribution in [0.4, 0.5) is 0 Å². The Morgan fingerprint density at radius 1 is 1.14 bits per heavy atom. The van der Waals surface area contributed by atoms with Gasteiger partial charge in [-0.05, 0) is 24.1 Å². The van der Waals surface area contributed by atoms with Gasteiger partial charge in [0.05, 0.1) is 11.9 Å². The molecule has 0 fully saturated rings. The summed E-state index contributed by atoms with van der Waals surface area (Å²) in [7, 11) is 0. The van der Waals surface area contributed by atoms with Gasteiger partial charge < -0.3 is 10.3 Å². The van der Waals surface area contributed by atoms with Gasteiger partial charge >= 0.3 is 0 Å². The van der Waals surface area contributed by atoms with Crippen LogP contribution in [0.5, 0.6) is 0 Å². The second-order valence-electron chi connectivity index (χ2n) is 4.82. The first kappa shape index (κ1) is 13.3. The Bertz CT molecular complexity index is 703. The monoisotopic (exact) mass is 280 g/mol. The molecule has 2 N–H and O–H groups in total. The maximum absolute atomic E-state index is 11.9. The van der Waals surface area contributed by atoms with Crippen LogP contribution in [0.1, 0.15) is 11.4 Å². The number of hydrogen-bond acceptors (Lipinski definition) is 3. The summed E-state index contributed by atoms with van der Waals surface area (Å²) < 4.78 is 0. The van der Waals surface area contributed by atoms with Crippen LogP contribution in [0, 0.1) is 0 Å². The molecule has 2 heterocycles. The van der Waals surface area contributed by atoms with Crippen LogP contribution in [-0.4, -0.2) is 27.4 Å². The number of H-pyrrole nitrogens is 1. The zero-order valence-electron chi connectivity index (χ0n) is 11.5. The van der Waals surface area contributed by atoms with E-state index in [4.69, 9.17) is 0 Å². The lowest BCUT2D eigenvalue weighted by Crippen LogP contribution is -2.27. The van der Waals surface area contributed by atoms with Crippen LogP contribution in [-0.2, 0) is 17.6 Å². The van der Waals surface area contributed by atoms with Gasteiger partial charge in [-0.2, -0.15) is 0 Å². The Morgan fingerprint density at radius 3 is 2.81 bits per heavy atom. The fourth-order valence-electron chi connectivity index (χ4n) is 2.18. The number of fused-ring (bicyclic) bond motifs is 1. The lowest BCUT2D eigenvalue weighted by molar-refractivity contribution is -0.120. The largest absolute Gasteiger partial charge is 0.355 e. The summed E-state index contributed by atoms with van der Waals surface area (Å²) in [6.45, 7) is 0.626. The van der Waals surface area contributed by atoms with E-state index in [2.05, 4.69) is 32.4 Å². The van der Waals surface area contributed by atoms with Crippen LogP contribution in [0.3, 0.4) is 0 Å². The number of pyridine rings is 1. The number of rotatable bonds is 5.